The van der Waals surface area contributed by atoms with Crippen molar-refractivity contribution in [2.75, 3.05) is 11.9 Å². The highest BCUT2D eigenvalue weighted by molar-refractivity contribution is 6.07. The van der Waals surface area contributed by atoms with E-state index in [-0.39, 0.29) is 12.6 Å². The van der Waals surface area contributed by atoms with Gasteiger partial charge in [0.15, 0.2) is 6.04 Å². The molecule has 1 atom stereocenters. The van der Waals surface area contributed by atoms with Crippen LogP contribution in [0.3, 0.4) is 0 Å². The summed E-state index contributed by atoms with van der Waals surface area (Å²) in [5.41, 5.74) is 5.35. The highest BCUT2D eigenvalue weighted by atomic mass is 16.5. The van der Waals surface area contributed by atoms with E-state index in [9.17, 15) is 9.59 Å². The van der Waals surface area contributed by atoms with Gasteiger partial charge in [0, 0.05) is 12.4 Å². The van der Waals surface area contributed by atoms with Gasteiger partial charge >= 0.3 is 5.97 Å². The first kappa shape index (κ1) is 12.1. The third-order valence-electron chi connectivity index (χ3n) is 1.62. The lowest BCUT2D eigenvalue weighted by Crippen LogP contribution is -2.43. The number of carbonyl (C=O) groups is 2. The van der Waals surface area contributed by atoms with Gasteiger partial charge in [-0.1, -0.05) is 0 Å². The van der Waals surface area contributed by atoms with Crippen molar-refractivity contribution in [1.29, 1.82) is 0 Å². The average Bonchev–Trinajstić information content (AvgIpc) is 2.29. The lowest BCUT2D eigenvalue weighted by Gasteiger charge is -2.09. The normalized spacial score (nSPS) is 11.6. The quantitative estimate of drug-likeness (QED) is 0.517. The van der Waals surface area contributed by atoms with Gasteiger partial charge in [0.1, 0.15) is 0 Å². The molecule has 0 saturated heterocycles. The number of nitrogens with zero attached hydrogens (tertiary/aromatic N) is 2. The molecule has 0 aliphatic heterocycles. The summed E-state index contributed by atoms with van der Waals surface area (Å²) in [5, 5.41) is 2.29. The standard InChI is InChI=1S/C9H12N4O3/c1-2-16-8(15)6(10)7(14)13-9-11-4-3-5-12-9/h3-6H,2,10H2,1H3,(H,11,12,13,14). The fourth-order valence-corrected chi connectivity index (χ4v) is 0.891. The minimum absolute atomic E-state index is 0.0900. The number of ether oxygens (including phenoxy) is 1. The number of hydrogen-bond acceptors (Lipinski definition) is 6. The molecule has 0 spiro atoms. The molecule has 1 aromatic rings. The smallest absolute Gasteiger partial charge is 0.332 e. The topological polar surface area (TPSA) is 107 Å². The highest BCUT2D eigenvalue weighted by Crippen LogP contribution is 1.96. The number of carbonyl (C=O) groups excluding carboxylic acids is 2. The molecule has 7 nitrogen and oxygen atoms in total. The number of amides is 1. The monoisotopic (exact) mass is 224 g/mol. The van der Waals surface area contributed by atoms with Crippen LogP contribution < -0.4 is 11.1 Å². The summed E-state index contributed by atoms with van der Waals surface area (Å²) in [5.74, 6) is -1.40. The van der Waals surface area contributed by atoms with E-state index in [1.54, 1.807) is 13.0 Å². The Morgan fingerprint density at radius 1 is 1.50 bits per heavy atom. The Kier molecular flexibility index (Phi) is 4.34. The summed E-state index contributed by atoms with van der Waals surface area (Å²) in [6, 6.07) is 0.227. The molecule has 1 aromatic heterocycles. The Labute approximate surface area is 92.0 Å². The highest BCUT2D eigenvalue weighted by Gasteiger charge is 2.23. The zero-order valence-corrected chi connectivity index (χ0v) is 8.71. The Bertz CT molecular complexity index is 368. The van der Waals surface area contributed by atoms with Crippen LogP contribution in [-0.2, 0) is 14.3 Å². The van der Waals surface area contributed by atoms with Crippen molar-refractivity contribution in [3.05, 3.63) is 18.5 Å². The molecule has 7 heteroatoms. The number of rotatable bonds is 4. The Morgan fingerprint density at radius 3 is 2.69 bits per heavy atom. The van der Waals surface area contributed by atoms with Crippen LogP contribution in [0.4, 0.5) is 5.95 Å². The predicted molar refractivity (Wildman–Crippen MR) is 55.3 cm³/mol. The summed E-state index contributed by atoms with van der Waals surface area (Å²) in [7, 11) is 0. The van der Waals surface area contributed by atoms with E-state index in [0.29, 0.717) is 0 Å². The average molecular weight is 224 g/mol. The predicted octanol–water partition coefficient (Wildman–Crippen LogP) is -0.694. The third kappa shape index (κ3) is 3.28. The van der Waals surface area contributed by atoms with Gasteiger partial charge < -0.3 is 10.5 Å². The molecule has 16 heavy (non-hydrogen) atoms. The van der Waals surface area contributed by atoms with Crippen LogP contribution in [0.5, 0.6) is 0 Å². The zero-order chi connectivity index (χ0) is 12.0. The maximum Gasteiger partial charge on any atom is 0.332 e. The van der Waals surface area contributed by atoms with Gasteiger partial charge in [0.2, 0.25) is 5.95 Å². The number of esters is 1. The van der Waals surface area contributed by atoms with Gasteiger partial charge in [-0.15, -0.1) is 0 Å². The molecule has 1 amide bonds. The SMILES string of the molecule is CCOC(=O)C(N)C(=O)Nc1ncccn1. The van der Waals surface area contributed by atoms with Gasteiger partial charge in [-0.25, -0.2) is 14.8 Å². The molecule has 0 aliphatic rings. The number of anilines is 1. The fraction of sp³-hybridized carbons (Fsp3) is 0.333. The van der Waals surface area contributed by atoms with Gasteiger partial charge in [0.05, 0.1) is 6.61 Å². The molecular weight excluding hydrogens is 212 g/mol. The van der Waals surface area contributed by atoms with Crippen molar-refractivity contribution in [2.45, 2.75) is 13.0 Å². The van der Waals surface area contributed by atoms with Crippen molar-refractivity contribution in [2.24, 2.45) is 5.73 Å². The van der Waals surface area contributed by atoms with Crippen LogP contribution in [-0.4, -0.2) is 34.5 Å². The number of nitrogens with one attached hydrogen (secondary N) is 1. The second-order valence-electron chi connectivity index (χ2n) is 2.79. The first-order valence-electron chi connectivity index (χ1n) is 4.65. The largest absolute Gasteiger partial charge is 0.464 e. The summed E-state index contributed by atoms with van der Waals surface area (Å²) in [6.45, 7) is 1.80. The van der Waals surface area contributed by atoms with Gasteiger partial charge in [-0.2, -0.15) is 0 Å². The van der Waals surface area contributed by atoms with E-state index in [1.165, 1.54) is 12.4 Å². The summed E-state index contributed by atoms with van der Waals surface area (Å²) >= 11 is 0. The minimum Gasteiger partial charge on any atom is -0.464 e. The molecule has 1 unspecified atom stereocenters. The van der Waals surface area contributed by atoms with E-state index >= 15 is 0 Å². The first-order valence-corrected chi connectivity index (χ1v) is 4.65. The summed E-state index contributed by atoms with van der Waals surface area (Å²) in [4.78, 5) is 30.0. The van der Waals surface area contributed by atoms with Crippen molar-refractivity contribution >= 4 is 17.8 Å². The molecule has 86 valence electrons. The van der Waals surface area contributed by atoms with Crippen LogP contribution in [0.2, 0.25) is 0 Å². The van der Waals surface area contributed by atoms with Crippen LogP contribution in [0.25, 0.3) is 0 Å². The van der Waals surface area contributed by atoms with Crippen LogP contribution >= 0.6 is 0 Å². The van der Waals surface area contributed by atoms with Crippen LogP contribution in [0.1, 0.15) is 6.92 Å². The maximum absolute atomic E-state index is 11.4. The van der Waals surface area contributed by atoms with Gasteiger partial charge in [-0.05, 0) is 13.0 Å². The third-order valence-corrected chi connectivity index (χ3v) is 1.62. The van der Waals surface area contributed by atoms with E-state index in [1.807, 2.05) is 0 Å². The Hall–Kier alpha value is -2.02. The number of nitrogens with two attached hydrogens (primary N) is 1. The Balaban J connectivity index is 2.56. The molecule has 0 radical (unpaired) electrons. The van der Waals surface area contributed by atoms with Gasteiger partial charge in [-0.3, -0.25) is 10.1 Å². The lowest BCUT2D eigenvalue weighted by atomic mass is 10.3. The second-order valence-corrected chi connectivity index (χ2v) is 2.79. The first-order chi connectivity index (χ1) is 7.65. The van der Waals surface area contributed by atoms with Crippen molar-refractivity contribution in [1.82, 2.24) is 9.97 Å². The van der Waals surface area contributed by atoms with Crippen molar-refractivity contribution in [3.63, 3.8) is 0 Å². The maximum atomic E-state index is 11.4. The lowest BCUT2D eigenvalue weighted by molar-refractivity contribution is -0.146. The van der Waals surface area contributed by atoms with E-state index in [2.05, 4.69) is 20.0 Å². The zero-order valence-electron chi connectivity index (χ0n) is 8.71. The van der Waals surface area contributed by atoms with Crippen molar-refractivity contribution in [3.8, 4) is 0 Å². The molecule has 0 bridgehead atoms. The van der Waals surface area contributed by atoms with Crippen LogP contribution in [0, 0.1) is 0 Å². The molecule has 3 N–H and O–H groups in total. The molecule has 0 aliphatic carbocycles. The molecule has 0 aromatic carbocycles. The second kappa shape index (κ2) is 5.76. The molecule has 0 saturated carbocycles. The van der Waals surface area contributed by atoms with Gasteiger partial charge in [0.25, 0.3) is 5.91 Å². The van der Waals surface area contributed by atoms with E-state index < -0.39 is 17.9 Å². The molecule has 0 fully saturated rings. The number of aromatic nitrogens is 2. The van der Waals surface area contributed by atoms with E-state index in [4.69, 9.17) is 5.73 Å². The van der Waals surface area contributed by atoms with E-state index in [0.717, 1.165) is 0 Å². The minimum atomic E-state index is -1.37. The summed E-state index contributed by atoms with van der Waals surface area (Å²) in [6.07, 6.45) is 2.91. The molecular formula is C9H12N4O3. The van der Waals surface area contributed by atoms with Crippen LogP contribution in [0.15, 0.2) is 18.5 Å². The molecule has 1 rings (SSSR count). The fourth-order valence-electron chi connectivity index (χ4n) is 0.891. The van der Waals surface area contributed by atoms with Crippen molar-refractivity contribution < 1.29 is 14.3 Å². The number of hydrogen-bond donors (Lipinski definition) is 2. The molecule has 1 heterocycles. The Morgan fingerprint density at radius 2 is 2.12 bits per heavy atom. The summed E-state index contributed by atoms with van der Waals surface area (Å²) < 4.78 is 4.60.